The summed E-state index contributed by atoms with van der Waals surface area (Å²) in [7, 11) is 0. The number of rotatable bonds is 35. The maximum atomic E-state index is 12.6. The Balaban J connectivity index is 4.05. The molecule has 0 radical (unpaired) electrons. The van der Waals surface area contributed by atoms with Crippen molar-refractivity contribution in [1.82, 2.24) is 0 Å². The zero-order chi connectivity index (χ0) is 35.7. The Morgan fingerprint density at radius 3 is 1.25 bits per heavy atom. The van der Waals surface area contributed by atoms with E-state index in [-0.39, 0.29) is 35.3 Å². The van der Waals surface area contributed by atoms with Crippen LogP contribution in [0.4, 0.5) is 0 Å². The Morgan fingerprint density at radius 2 is 0.833 bits per heavy atom. The van der Waals surface area contributed by atoms with E-state index in [4.69, 9.17) is 18.9 Å². The van der Waals surface area contributed by atoms with Gasteiger partial charge in [-0.25, -0.2) is 0 Å². The van der Waals surface area contributed by atoms with Crippen LogP contribution in [0.3, 0.4) is 0 Å². The van der Waals surface area contributed by atoms with Crippen molar-refractivity contribution in [2.45, 2.75) is 209 Å². The molecule has 0 rings (SSSR count). The highest BCUT2D eigenvalue weighted by molar-refractivity contribution is 5.72. The van der Waals surface area contributed by atoms with E-state index < -0.39 is 0 Å². The first-order valence-electron chi connectivity index (χ1n) is 20.7. The molecule has 0 bridgehead atoms. The van der Waals surface area contributed by atoms with Gasteiger partial charge in [0.25, 0.3) is 0 Å². The first-order valence-corrected chi connectivity index (χ1v) is 20.7. The Hall–Kier alpha value is -1.14. The molecule has 0 aliphatic carbocycles. The van der Waals surface area contributed by atoms with Gasteiger partial charge in [-0.05, 0) is 69.6 Å². The number of ether oxygens (including phenoxy) is 4. The fraction of sp³-hybridized carbons (Fsp3) is 0.952. The molecule has 0 aromatic rings. The number of hydrogen-bond donors (Lipinski definition) is 0. The van der Waals surface area contributed by atoms with Crippen LogP contribution in [-0.4, -0.2) is 51.1 Å². The van der Waals surface area contributed by atoms with Crippen molar-refractivity contribution in [2.75, 3.05) is 33.0 Å². The van der Waals surface area contributed by atoms with Crippen LogP contribution in [0.25, 0.3) is 0 Å². The van der Waals surface area contributed by atoms with Gasteiger partial charge in [-0.15, -0.1) is 0 Å². The largest absolute Gasteiger partial charge is 0.465 e. The van der Waals surface area contributed by atoms with Crippen molar-refractivity contribution in [2.24, 2.45) is 17.3 Å². The van der Waals surface area contributed by atoms with Crippen LogP contribution in [0, 0.1) is 17.3 Å². The zero-order valence-corrected chi connectivity index (χ0v) is 33.2. The van der Waals surface area contributed by atoms with Gasteiger partial charge in [-0.3, -0.25) is 9.59 Å². The molecule has 0 aliphatic rings. The number of esters is 2. The lowest BCUT2D eigenvalue weighted by atomic mass is 9.89. The third kappa shape index (κ3) is 27.7. The van der Waals surface area contributed by atoms with E-state index in [2.05, 4.69) is 48.5 Å². The van der Waals surface area contributed by atoms with Gasteiger partial charge in [-0.2, -0.15) is 0 Å². The van der Waals surface area contributed by atoms with Crippen molar-refractivity contribution in [3.8, 4) is 0 Å². The maximum Gasteiger partial charge on any atom is 0.308 e. The first kappa shape index (κ1) is 46.9. The molecule has 3 unspecified atom stereocenters. The molecule has 6 heteroatoms. The molecule has 48 heavy (non-hydrogen) atoms. The summed E-state index contributed by atoms with van der Waals surface area (Å²) in [5, 5.41) is 0. The lowest BCUT2D eigenvalue weighted by Crippen LogP contribution is -2.34. The van der Waals surface area contributed by atoms with Gasteiger partial charge in [0.05, 0.1) is 37.8 Å². The van der Waals surface area contributed by atoms with Crippen molar-refractivity contribution in [1.29, 1.82) is 0 Å². The fourth-order valence-corrected chi connectivity index (χ4v) is 6.06. The van der Waals surface area contributed by atoms with Crippen LogP contribution >= 0.6 is 0 Å². The Labute approximate surface area is 298 Å². The third-order valence-corrected chi connectivity index (χ3v) is 9.56. The van der Waals surface area contributed by atoms with Crippen molar-refractivity contribution in [3.05, 3.63) is 0 Å². The number of hydrogen-bond acceptors (Lipinski definition) is 6. The van der Waals surface area contributed by atoms with E-state index in [0.29, 0.717) is 19.8 Å². The number of carbonyl (C=O) groups is 2. The smallest absolute Gasteiger partial charge is 0.308 e. The zero-order valence-electron chi connectivity index (χ0n) is 33.2. The Kier molecular flexibility index (Phi) is 32.2. The molecule has 0 fully saturated rings. The van der Waals surface area contributed by atoms with Gasteiger partial charge in [0.15, 0.2) is 0 Å². The van der Waals surface area contributed by atoms with Crippen molar-refractivity contribution < 1.29 is 28.5 Å². The highest BCUT2D eigenvalue weighted by atomic mass is 16.5. The second-order valence-corrected chi connectivity index (χ2v) is 15.3. The molecule has 286 valence electrons. The summed E-state index contributed by atoms with van der Waals surface area (Å²) >= 11 is 0. The van der Waals surface area contributed by atoms with E-state index in [1.54, 1.807) is 0 Å². The number of carbonyl (C=O) groups excluding carboxylic acids is 2. The van der Waals surface area contributed by atoms with Gasteiger partial charge in [-0.1, -0.05) is 138 Å². The molecule has 3 atom stereocenters. The van der Waals surface area contributed by atoms with Gasteiger partial charge < -0.3 is 18.9 Å². The van der Waals surface area contributed by atoms with E-state index >= 15 is 0 Å². The van der Waals surface area contributed by atoms with Crippen molar-refractivity contribution in [3.63, 3.8) is 0 Å². The summed E-state index contributed by atoms with van der Waals surface area (Å²) in [4.78, 5) is 25.3. The maximum absolute atomic E-state index is 12.6. The molecule has 0 aromatic carbocycles. The average molecular weight is 683 g/mol. The summed E-state index contributed by atoms with van der Waals surface area (Å²) in [5.41, 5.74) is 0.0217. The van der Waals surface area contributed by atoms with Crippen LogP contribution < -0.4 is 0 Å². The molecular formula is C42H82O6. The lowest BCUT2D eigenvalue weighted by molar-refractivity contribution is -0.150. The summed E-state index contributed by atoms with van der Waals surface area (Å²) in [6, 6.07) is 0. The van der Waals surface area contributed by atoms with Crippen LogP contribution in [0.15, 0.2) is 0 Å². The van der Waals surface area contributed by atoms with E-state index in [9.17, 15) is 9.59 Å². The summed E-state index contributed by atoms with van der Waals surface area (Å²) in [6.07, 6.45) is 26.3. The standard InChI is InChI=1S/C42H82O6/c1-8-12-16-22-30-37(28-14-10-3)40(43)47-34-26-19-18-24-32-45-36-39(42(5,6)7)46-33-25-20-21-27-35-48-41(44)38(29-15-11-4)31-23-17-13-9-2/h37-39H,8-36H2,1-7H3. The molecule has 0 aliphatic heterocycles. The average Bonchev–Trinajstić information content (AvgIpc) is 3.06. The van der Waals surface area contributed by atoms with Gasteiger partial charge in [0.1, 0.15) is 0 Å². The predicted molar refractivity (Wildman–Crippen MR) is 202 cm³/mol. The molecule has 0 amide bonds. The second kappa shape index (κ2) is 33.0. The van der Waals surface area contributed by atoms with Crippen LogP contribution in [0.2, 0.25) is 0 Å². The molecule has 0 N–H and O–H groups in total. The van der Waals surface area contributed by atoms with Crippen molar-refractivity contribution >= 4 is 11.9 Å². The molecule has 6 nitrogen and oxygen atoms in total. The van der Waals surface area contributed by atoms with E-state index in [0.717, 1.165) is 129 Å². The van der Waals surface area contributed by atoms with E-state index in [1.165, 1.54) is 38.5 Å². The predicted octanol–water partition coefficient (Wildman–Crippen LogP) is 12.2. The highest BCUT2D eigenvalue weighted by Gasteiger charge is 2.25. The van der Waals surface area contributed by atoms with E-state index in [1.807, 2.05) is 0 Å². The first-order chi connectivity index (χ1) is 23.2. The quantitative estimate of drug-likeness (QED) is 0.0489. The molecule has 0 saturated heterocycles. The van der Waals surface area contributed by atoms with Gasteiger partial charge >= 0.3 is 11.9 Å². The highest BCUT2D eigenvalue weighted by Crippen LogP contribution is 2.24. The normalized spacial score (nSPS) is 13.7. The fourth-order valence-electron chi connectivity index (χ4n) is 6.06. The summed E-state index contributed by atoms with van der Waals surface area (Å²) in [6.45, 7) is 18.6. The topological polar surface area (TPSA) is 71.1 Å². The minimum Gasteiger partial charge on any atom is -0.465 e. The number of unbranched alkanes of at least 4 members (excludes halogenated alkanes) is 14. The lowest BCUT2D eigenvalue weighted by Gasteiger charge is -2.30. The van der Waals surface area contributed by atoms with Crippen LogP contribution in [-0.2, 0) is 28.5 Å². The molecular weight excluding hydrogens is 600 g/mol. The summed E-state index contributed by atoms with van der Waals surface area (Å²) < 4.78 is 23.7. The van der Waals surface area contributed by atoms with Gasteiger partial charge in [0.2, 0.25) is 0 Å². The molecule has 0 aromatic heterocycles. The molecule has 0 spiro atoms. The molecule has 0 heterocycles. The minimum atomic E-state index is 0.0217. The second-order valence-electron chi connectivity index (χ2n) is 15.3. The SMILES string of the molecule is CCCCCCC(CCCC)C(=O)OCCCCCCOCC(OCCCCCCOC(=O)C(CCCC)CCCCCC)C(C)(C)C. The minimum absolute atomic E-state index is 0.0217. The third-order valence-electron chi connectivity index (χ3n) is 9.56. The van der Waals surface area contributed by atoms with Gasteiger partial charge in [0, 0.05) is 13.2 Å². The monoisotopic (exact) mass is 683 g/mol. The van der Waals surface area contributed by atoms with Crippen LogP contribution in [0.5, 0.6) is 0 Å². The van der Waals surface area contributed by atoms with Crippen LogP contribution in [0.1, 0.15) is 203 Å². The Bertz CT molecular complexity index is 717. The Morgan fingerprint density at radius 1 is 0.458 bits per heavy atom. The molecule has 0 saturated carbocycles. The summed E-state index contributed by atoms with van der Waals surface area (Å²) in [5.74, 6) is 0.219.